The van der Waals surface area contributed by atoms with Gasteiger partial charge in [0.05, 0.1) is 32.0 Å². The zero-order valence-corrected chi connectivity index (χ0v) is 23.6. The number of aliphatic carboxylic acids is 1. The summed E-state index contributed by atoms with van der Waals surface area (Å²) in [4.78, 5) is 26.5. The fourth-order valence-electron chi connectivity index (χ4n) is 4.86. The molecule has 3 aromatic carbocycles. The number of aromatic nitrogens is 1. The average molecular weight is 592 g/mol. The van der Waals surface area contributed by atoms with Crippen LogP contribution in [0.5, 0.6) is 0 Å². The van der Waals surface area contributed by atoms with Gasteiger partial charge in [-0.15, -0.1) is 0 Å². The summed E-state index contributed by atoms with van der Waals surface area (Å²) in [5, 5.41) is 14.3. The van der Waals surface area contributed by atoms with Crippen LogP contribution in [0.3, 0.4) is 0 Å². The molecule has 5 nitrogen and oxygen atoms in total. The molecule has 0 bridgehead atoms. The van der Waals surface area contributed by atoms with Crippen LogP contribution < -0.4 is 5.32 Å². The molecular formula is C29H26Cl4N2O3. The highest BCUT2D eigenvalue weighted by Crippen LogP contribution is 2.46. The molecule has 0 radical (unpaired) electrons. The molecule has 4 rings (SSSR count). The Kier molecular flexibility index (Phi) is 9.27. The van der Waals surface area contributed by atoms with E-state index in [1.165, 1.54) is 0 Å². The predicted octanol–water partition coefficient (Wildman–Crippen LogP) is 8.70. The molecule has 198 valence electrons. The molecule has 9 heteroatoms. The summed E-state index contributed by atoms with van der Waals surface area (Å²) in [6, 6.07) is 16.9. The summed E-state index contributed by atoms with van der Waals surface area (Å²) in [6.07, 6.45) is 3.62. The van der Waals surface area contributed by atoms with Crippen molar-refractivity contribution in [1.82, 2.24) is 10.3 Å². The molecule has 38 heavy (non-hydrogen) atoms. The SMILES string of the molecule is CCCC(c1ccc(C(=O)NCCC(=O)O)cc1)C(c1ccc(Cl)c(Cl)c1)c1c[nH]c2c(Cl)c(Cl)ccc12. The van der Waals surface area contributed by atoms with Crippen LogP contribution in [0.4, 0.5) is 0 Å². The van der Waals surface area contributed by atoms with Gasteiger partial charge in [0.25, 0.3) is 5.91 Å². The van der Waals surface area contributed by atoms with Crippen molar-refractivity contribution in [2.24, 2.45) is 0 Å². The number of hydrogen-bond acceptors (Lipinski definition) is 2. The van der Waals surface area contributed by atoms with E-state index in [-0.39, 0.29) is 30.7 Å². The summed E-state index contributed by atoms with van der Waals surface area (Å²) in [5.74, 6) is -1.34. The minimum Gasteiger partial charge on any atom is -0.481 e. The van der Waals surface area contributed by atoms with Gasteiger partial charge in [0.2, 0.25) is 0 Å². The third-order valence-corrected chi connectivity index (χ3v) is 8.19. The first-order valence-corrected chi connectivity index (χ1v) is 13.7. The molecule has 2 atom stereocenters. The quantitative estimate of drug-likeness (QED) is 0.172. The van der Waals surface area contributed by atoms with Gasteiger partial charge in [0.1, 0.15) is 0 Å². The Morgan fingerprint density at radius 2 is 1.61 bits per heavy atom. The lowest BCUT2D eigenvalue weighted by Gasteiger charge is -2.29. The lowest BCUT2D eigenvalue weighted by Crippen LogP contribution is -2.26. The minimum absolute atomic E-state index is 0.0369. The molecule has 1 amide bonds. The summed E-state index contributed by atoms with van der Waals surface area (Å²) in [5.41, 5.74) is 4.34. The fourth-order valence-corrected chi connectivity index (χ4v) is 5.54. The van der Waals surface area contributed by atoms with E-state index < -0.39 is 5.97 Å². The number of hydrogen-bond donors (Lipinski definition) is 3. The molecule has 0 saturated carbocycles. The van der Waals surface area contributed by atoms with Crippen LogP contribution in [0.15, 0.2) is 60.8 Å². The van der Waals surface area contributed by atoms with Crippen LogP contribution in [-0.4, -0.2) is 28.5 Å². The number of carbonyl (C=O) groups is 2. The highest BCUT2D eigenvalue weighted by atomic mass is 35.5. The standard InChI is InChI=1S/C29H26Cl4N2O3/c1-2-3-19(16-4-6-17(7-5-16)29(38)34-13-12-25(36)37)26(18-8-10-22(30)24(32)14-18)21-15-35-28-20(21)9-11-23(31)27(28)33/h4-11,14-15,19,26,35H,2-3,12-13H2,1H3,(H,34,38)(H,36,37). The smallest absolute Gasteiger partial charge is 0.305 e. The summed E-state index contributed by atoms with van der Waals surface area (Å²) >= 11 is 25.5. The monoisotopic (exact) mass is 590 g/mol. The van der Waals surface area contributed by atoms with Crippen LogP contribution in [0, 0.1) is 0 Å². The van der Waals surface area contributed by atoms with Crippen molar-refractivity contribution in [3.63, 3.8) is 0 Å². The Morgan fingerprint density at radius 1 is 0.921 bits per heavy atom. The number of carboxylic acid groups (broad SMARTS) is 1. The second-order valence-corrected chi connectivity index (χ2v) is 10.7. The lowest BCUT2D eigenvalue weighted by molar-refractivity contribution is -0.136. The number of nitrogens with one attached hydrogen (secondary N) is 2. The van der Waals surface area contributed by atoms with Gasteiger partial charge in [-0.3, -0.25) is 9.59 Å². The van der Waals surface area contributed by atoms with Gasteiger partial charge in [-0.1, -0.05) is 84.0 Å². The number of carboxylic acids is 1. The van der Waals surface area contributed by atoms with E-state index in [1.807, 2.05) is 36.5 Å². The van der Waals surface area contributed by atoms with Crippen LogP contribution in [0.25, 0.3) is 10.9 Å². The number of H-pyrrole nitrogens is 1. The number of rotatable bonds is 10. The van der Waals surface area contributed by atoms with Crippen molar-refractivity contribution in [3.8, 4) is 0 Å². The molecule has 0 saturated heterocycles. The molecule has 1 heterocycles. The maximum Gasteiger partial charge on any atom is 0.305 e. The van der Waals surface area contributed by atoms with E-state index in [1.54, 1.807) is 24.3 Å². The Bertz CT molecular complexity index is 1470. The van der Waals surface area contributed by atoms with Crippen molar-refractivity contribution in [3.05, 3.63) is 103 Å². The van der Waals surface area contributed by atoms with Crippen LogP contribution in [-0.2, 0) is 4.79 Å². The van der Waals surface area contributed by atoms with Gasteiger partial charge in [0, 0.05) is 29.6 Å². The van der Waals surface area contributed by atoms with E-state index in [9.17, 15) is 9.59 Å². The number of fused-ring (bicyclic) bond motifs is 1. The van der Waals surface area contributed by atoms with Crippen LogP contribution in [0.2, 0.25) is 20.1 Å². The second kappa shape index (κ2) is 12.4. The summed E-state index contributed by atoms with van der Waals surface area (Å²) < 4.78 is 0. The van der Waals surface area contributed by atoms with Gasteiger partial charge in [-0.2, -0.15) is 0 Å². The first kappa shape index (κ1) is 28.3. The summed E-state index contributed by atoms with van der Waals surface area (Å²) in [6.45, 7) is 2.20. The lowest BCUT2D eigenvalue weighted by atomic mass is 9.75. The molecule has 0 fully saturated rings. The zero-order valence-electron chi connectivity index (χ0n) is 20.5. The number of halogens is 4. The molecule has 1 aromatic heterocycles. The van der Waals surface area contributed by atoms with Crippen molar-refractivity contribution in [2.75, 3.05) is 6.54 Å². The normalized spacial score (nSPS) is 12.9. The van der Waals surface area contributed by atoms with Gasteiger partial charge in [-0.05, 0) is 59.4 Å². The highest BCUT2D eigenvalue weighted by Gasteiger charge is 2.29. The number of aromatic amines is 1. The van der Waals surface area contributed by atoms with E-state index in [0.717, 1.165) is 40.4 Å². The Morgan fingerprint density at radius 3 is 2.26 bits per heavy atom. The average Bonchev–Trinajstić information content (AvgIpc) is 3.32. The molecule has 2 unspecified atom stereocenters. The third-order valence-electron chi connectivity index (χ3n) is 6.64. The van der Waals surface area contributed by atoms with Gasteiger partial charge < -0.3 is 15.4 Å². The maximum atomic E-state index is 12.5. The van der Waals surface area contributed by atoms with E-state index in [2.05, 4.69) is 17.2 Å². The highest BCUT2D eigenvalue weighted by molar-refractivity contribution is 6.45. The van der Waals surface area contributed by atoms with Crippen LogP contribution >= 0.6 is 46.4 Å². The Hall–Kier alpha value is -2.70. The second-order valence-electron chi connectivity index (χ2n) is 9.10. The van der Waals surface area contributed by atoms with E-state index in [0.29, 0.717) is 25.7 Å². The maximum absolute atomic E-state index is 12.5. The van der Waals surface area contributed by atoms with Crippen molar-refractivity contribution < 1.29 is 14.7 Å². The Balaban J connectivity index is 1.78. The van der Waals surface area contributed by atoms with Gasteiger partial charge in [0.15, 0.2) is 0 Å². The number of carbonyl (C=O) groups excluding carboxylic acids is 1. The first-order chi connectivity index (χ1) is 18.2. The van der Waals surface area contributed by atoms with Crippen molar-refractivity contribution in [1.29, 1.82) is 0 Å². The molecular weight excluding hydrogens is 566 g/mol. The predicted molar refractivity (Wildman–Crippen MR) is 155 cm³/mol. The summed E-state index contributed by atoms with van der Waals surface area (Å²) in [7, 11) is 0. The largest absolute Gasteiger partial charge is 0.481 e. The van der Waals surface area contributed by atoms with Gasteiger partial charge in [-0.25, -0.2) is 0 Å². The molecule has 0 spiro atoms. The fraction of sp³-hybridized carbons (Fsp3) is 0.241. The first-order valence-electron chi connectivity index (χ1n) is 12.2. The molecule has 0 aliphatic carbocycles. The topological polar surface area (TPSA) is 82.2 Å². The molecule has 0 aliphatic heterocycles. The number of amides is 1. The Labute approximate surface area is 241 Å². The third kappa shape index (κ3) is 6.13. The van der Waals surface area contributed by atoms with E-state index >= 15 is 0 Å². The van der Waals surface area contributed by atoms with E-state index in [4.69, 9.17) is 51.5 Å². The van der Waals surface area contributed by atoms with Gasteiger partial charge >= 0.3 is 5.97 Å². The number of benzene rings is 3. The molecule has 4 aromatic rings. The zero-order chi connectivity index (χ0) is 27.4. The van der Waals surface area contributed by atoms with Crippen LogP contribution in [0.1, 0.15) is 65.1 Å². The minimum atomic E-state index is -0.961. The van der Waals surface area contributed by atoms with Crippen molar-refractivity contribution in [2.45, 2.75) is 38.0 Å². The molecule has 0 aliphatic rings. The van der Waals surface area contributed by atoms with Crippen molar-refractivity contribution >= 4 is 69.2 Å². The molecule has 3 N–H and O–H groups in total.